The molecule has 2 nitrogen and oxygen atoms in total. The van der Waals surface area contributed by atoms with Gasteiger partial charge in [0.05, 0.1) is 19.0 Å². The number of rotatable bonds is 7. The van der Waals surface area contributed by atoms with Gasteiger partial charge in [-0.05, 0) is 37.3 Å². The minimum Gasteiger partial charge on any atom is -0.498 e. The normalized spacial score (nSPS) is 16.6. The van der Waals surface area contributed by atoms with Crippen molar-refractivity contribution in [1.29, 1.82) is 0 Å². The number of hydrogen-bond acceptors (Lipinski definition) is 2. The third-order valence-electron chi connectivity index (χ3n) is 3.49. The molecule has 1 heterocycles. The molecule has 1 aliphatic rings. The number of allylic oxidation sites excluding steroid dienone is 2. The summed E-state index contributed by atoms with van der Waals surface area (Å²) in [6.45, 7) is 4.68. The minimum atomic E-state index is 0.528. The molecule has 19 heavy (non-hydrogen) atoms. The van der Waals surface area contributed by atoms with Crippen molar-refractivity contribution in [2.24, 2.45) is 5.92 Å². The highest BCUT2D eigenvalue weighted by molar-refractivity contribution is 5.13. The topological polar surface area (TPSA) is 18.5 Å². The van der Waals surface area contributed by atoms with E-state index in [1.54, 1.807) is 0 Å². The lowest BCUT2D eigenvalue weighted by Gasteiger charge is -2.20. The van der Waals surface area contributed by atoms with Crippen molar-refractivity contribution in [3.8, 4) is 0 Å². The monoisotopic (exact) mass is 260 g/mol. The van der Waals surface area contributed by atoms with Gasteiger partial charge in [-0.25, -0.2) is 0 Å². The Hall–Kier alpha value is -1.28. The van der Waals surface area contributed by atoms with Crippen molar-refractivity contribution in [2.75, 3.05) is 13.2 Å². The van der Waals surface area contributed by atoms with Gasteiger partial charge in [0, 0.05) is 12.5 Å². The van der Waals surface area contributed by atoms with Gasteiger partial charge in [0.1, 0.15) is 0 Å². The molecule has 1 aromatic rings. The minimum absolute atomic E-state index is 0.528. The van der Waals surface area contributed by atoms with E-state index in [1.807, 2.05) is 18.2 Å². The molecular formula is C17H24O2. The summed E-state index contributed by atoms with van der Waals surface area (Å²) in [6, 6.07) is 10.3. The van der Waals surface area contributed by atoms with Gasteiger partial charge in [0.15, 0.2) is 0 Å². The van der Waals surface area contributed by atoms with E-state index in [0.29, 0.717) is 12.5 Å². The molecular weight excluding hydrogens is 236 g/mol. The first-order chi connectivity index (χ1) is 9.36. The molecule has 0 spiro atoms. The Bertz CT molecular complexity index is 384. The summed E-state index contributed by atoms with van der Waals surface area (Å²) in [6.07, 6.45) is 6.81. The average Bonchev–Trinajstić information content (AvgIpc) is 2.49. The van der Waals surface area contributed by atoms with Crippen molar-refractivity contribution in [3.05, 3.63) is 47.7 Å². The van der Waals surface area contributed by atoms with Crippen LogP contribution in [0.3, 0.4) is 0 Å². The van der Waals surface area contributed by atoms with Crippen LogP contribution in [0, 0.1) is 5.92 Å². The summed E-state index contributed by atoms with van der Waals surface area (Å²) < 4.78 is 11.4. The summed E-state index contributed by atoms with van der Waals surface area (Å²) in [5.41, 5.74) is 1.24. The maximum Gasteiger partial charge on any atom is 0.0948 e. The van der Waals surface area contributed by atoms with Crippen molar-refractivity contribution >= 4 is 0 Å². The van der Waals surface area contributed by atoms with E-state index in [2.05, 4.69) is 25.1 Å². The summed E-state index contributed by atoms with van der Waals surface area (Å²) in [5, 5.41) is 0. The lowest BCUT2D eigenvalue weighted by Crippen LogP contribution is -2.09. The fourth-order valence-corrected chi connectivity index (χ4v) is 2.32. The lowest BCUT2D eigenvalue weighted by atomic mass is 10.0. The van der Waals surface area contributed by atoms with Crippen LogP contribution in [0.4, 0.5) is 0 Å². The van der Waals surface area contributed by atoms with Crippen LogP contribution in [0.5, 0.6) is 0 Å². The zero-order valence-corrected chi connectivity index (χ0v) is 11.8. The third-order valence-corrected chi connectivity index (χ3v) is 3.49. The highest BCUT2D eigenvalue weighted by atomic mass is 16.5. The van der Waals surface area contributed by atoms with Gasteiger partial charge in [-0.2, -0.15) is 0 Å². The number of hydrogen-bond donors (Lipinski definition) is 0. The van der Waals surface area contributed by atoms with E-state index in [1.165, 1.54) is 17.7 Å². The molecule has 1 unspecified atom stereocenters. The molecule has 2 rings (SSSR count). The molecule has 0 saturated carbocycles. The predicted octanol–water partition coefficient (Wildman–Crippen LogP) is 4.31. The third kappa shape index (κ3) is 5.07. The molecule has 104 valence electrons. The van der Waals surface area contributed by atoms with Crippen LogP contribution in [-0.2, 0) is 16.1 Å². The van der Waals surface area contributed by atoms with Gasteiger partial charge in [0.25, 0.3) is 0 Å². The zero-order valence-electron chi connectivity index (χ0n) is 11.8. The molecule has 0 fully saturated rings. The second kappa shape index (κ2) is 8.00. The fraction of sp³-hybridized carbons (Fsp3) is 0.529. The standard InChI is InChI=1S/C17H24O2/c1-15(17-11-5-6-13-19-17)8-7-12-18-14-16-9-3-2-4-10-16/h2-4,9-11,15H,5-8,12-14H2,1H3. The average molecular weight is 260 g/mol. The van der Waals surface area contributed by atoms with E-state index in [-0.39, 0.29) is 0 Å². The quantitative estimate of drug-likeness (QED) is 0.680. The summed E-state index contributed by atoms with van der Waals surface area (Å²) >= 11 is 0. The first-order valence-corrected chi connectivity index (χ1v) is 7.31. The number of ether oxygens (including phenoxy) is 2. The van der Waals surface area contributed by atoms with Crippen LogP contribution in [0.25, 0.3) is 0 Å². The molecule has 0 N–H and O–H groups in total. The Morgan fingerprint density at radius 1 is 1.26 bits per heavy atom. The Morgan fingerprint density at radius 2 is 2.11 bits per heavy atom. The van der Waals surface area contributed by atoms with Gasteiger partial charge in [-0.15, -0.1) is 0 Å². The fourth-order valence-electron chi connectivity index (χ4n) is 2.32. The van der Waals surface area contributed by atoms with Crippen molar-refractivity contribution in [3.63, 3.8) is 0 Å². The smallest absolute Gasteiger partial charge is 0.0948 e. The molecule has 0 radical (unpaired) electrons. The van der Waals surface area contributed by atoms with E-state index in [0.717, 1.165) is 32.5 Å². The second-order valence-corrected chi connectivity index (χ2v) is 5.18. The van der Waals surface area contributed by atoms with Crippen LogP contribution in [-0.4, -0.2) is 13.2 Å². The number of benzene rings is 1. The maximum atomic E-state index is 5.70. The largest absolute Gasteiger partial charge is 0.498 e. The van der Waals surface area contributed by atoms with Crippen LogP contribution in [0.15, 0.2) is 42.2 Å². The molecule has 0 amide bonds. The first kappa shape index (κ1) is 14.1. The Kier molecular flexibility index (Phi) is 5.96. The summed E-state index contributed by atoms with van der Waals surface area (Å²) in [4.78, 5) is 0. The second-order valence-electron chi connectivity index (χ2n) is 5.18. The van der Waals surface area contributed by atoms with Crippen LogP contribution >= 0.6 is 0 Å². The van der Waals surface area contributed by atoms with Crippen molar-refractivity contribution in [1.82, 2.24) is 0 Å². The van der Waals surface area contributed by atoms with Crippen molar-refractivity contribution in [2.45, 2.75) is 39.2 Å². The van der Waals surface area contributed by atoms with E-state index in [4.69, 9.17) is 9.47 Å². The SMILES string of the molecule is CC(CCCOCc1ccccc1)C1=CCCCO1. The molecule has 0 saturated heterocycles. The van der Waals surface area contributed by atoms with Gasteiger partial charge in [0.2, 0.25) is 0 Å². The Morgan fingerprint density at radius 3 is 2.84 bits per heavy atom. The molecule has 0 aliphatic carbocycles. The molecule has 0 aromatic heterocycles. The van der Waals surface area contributed by atoms with E-state index < -0.39 is 0 Å². The van der Waals surface area contributed by atoms with Gasteiger partial charge < -0.3 is 9.47 Å². The van der Waals surface area contributed by atoms with Crippen LogP contribution < -0.4 is 0 Å². The summed E-state index contributed by atoms with van der Waals surface area (Å²) in [7, 11) is 0. The Labute approximate surface area is 116 Å². The molecule has 0 bridgehead atoms. The van der Waals surface area contributed by atoms with Crippen LogP contribution in [0.1, 0.15) is 38.2 Å². The zero-order chi connectivity index (χ0) is 13.3. The van der Waals surface area contributed by atoms with E-state index in [9.17, 15) is 0 Å². The Balaban J connectivity index is 1.58. The first-order valence-electron chi connectivity index (χ1n) is 7.31. The molecule has 1 aliphatic heterocycles. The summed E-state index contributed by atoms with van der Waals surface area (Å²) in [5.74, 6) is 1.72. The lowest BCUT2D eigenvalue weighted by molar-refractivity contribution is 0.109. The molecule has 1 aromatic carbocycles. The highest BCUT2D eigenvalue weighted by Crippen LogP contribution is 2.22. The van der Waals surface area contributed by atoms with Crippen molar-refractivity contribution < 1.29 is 9.47 Å². The van der Waals surface area contributed by atoms with Crippen LogP contribution in [0.2, 0.25) is 0 Å². The van der Waals surface area contributed by atoms with E-state index >= 15 is 0 Å². The van der Waals surface area contributed by atoms with Gasteiger partial charge in [-0.3, -0.25) is 0 Å². The molecule has 1 atom stereocenters. The van der Waals surface area contributed by atoms with Gasteiger partial charge in [-0.1, -0.05) is 37.3 Å². The van der Waals surface area contributed by atoms with Gasteiger partial charge >= 0.3 is 0 Å². The molecule has 2 heteroatoms. The maximum absolute atomic E-state index is 5.70. The highest BCUT2D eigenvalue weighted by Gasteiger charge is 2.12. The predicted molar refractivity (Wildman–Crippen MR) is 77.8 cm³/mol.